The molecule has 0 aliphatic heterocycles. The maximum absolute atomic E-state index is 12.3. The molecule has 0 atom stereocenters. The van der Waals surface area contributed by atoms with E-state index in [0.717, 1.165) is 17.8 Å². The Labute approximate surface area is 171 Å². The number of aromatic nitrogens is 1. The van der Waals surface area contributed by atoms with E-state index in [4.69, 9.17) is 4.74 Å². The summed E-state index contributed by atoms with van der Waals surface area (Å²) in [6.07, 6.45) is 3.94. The quantitative estimate of drug-likeness (QED) is 0.251. The highest BCUT2D eigenvalue weighted by molar-refractivity contribution is 8.17. The lowest BCUT2D eigenvalue weighted by molar-refractivity contribution is -0.137. The van der Waals surface area contributed by atoms with Crippen molar-refractivity contribution in [2.45, 2.75) is 0 Å². The van der Waals surface area contributed by atoms with Gasteiger partial charge in [-0.3, -0.25) is 20.6 Å². The van der Waals surface area contributed by atoms with E-state index >= 15 is 0 Å². The molecule has 0 saturated carbocycles. The maximum atomic E-state index is 12.3. The normalized spacial score (nSPS) is 11.4. The third-order valence-electron chi connectivity index (χ3n) is 3.26. The average molecular weight is 414 g/mol. The van der Waals surface area contributed by atoms with Crippen LogP contribution in [-0.4, -0.2) is 42.2 Å². The summed E-state index contributed by atoms with van der Waals surface area (Å²) in [5, 5.41) is 0.124. The molecule has 0 aliphatic rings. The van der Waals surface area contributed by atoms with Crippen LogP contribution in [0.1, 0.15) is 10.4 Å². The smallest absolute Gasteiger partial charge is 0.345 e. The van der Waals surface area contributed by atoms with Gasteiger partial charge in [-0.1, -0.05) is 18.2 Å². The molecule has 2 aromatic rings. The predicted molar refractivity (Wildman–Crippen MR) is 108 cm³/mol. The van der Waals surface area contributed by atoms with Gasteiger partial charge in [-0.25, -0.2) is 14.6 Å². The van der Waals surface area contributed by atoms with Crippen molar-refractivity contribution in [2.75, 3.05) is 14.2 Å². The van der Waals surface area contributed by atoms with Gasteiger partial charge in [0.1, 0.15) is 4.91 Å². The fourth-order valence-electron chi connectivity index (χ4n) is 1.88. The first-order chi connectivity index (χ1) is 14.0. The van der Waals surface area contributed by atoms with Crippen LogP contribution in [0.3, 0.4) is 0 Å². The molecule has 0 unspecified atom stereocenters. The Balaban J connectivity index is 2.25. The van der Waals surface area contributed by atoms with E-state index in [1.54, 1.807) is 24.3 Å². The van der Waals surface area contributed by atoms with Crippen molar-refractivity contribution in [3.8, 4) is 0 Å². The highest BCUT2D eigenvalue weighted by atomic mass is 32.2. The van der Waals surface area contributed by atoms with Gasteiger partial charge in [-0.2, -0.15) is 0 Å². The fourth-order valence-corrected chi connectivity index (χ4v) is 2.67. The number of esters is 2. The molecular formula is C19H18N4O5S. The minimum atomic E-state index is -0.761. The van der Waals surface area contributed by atoms with Crippen molar-refractivity contribution in [1.82, 2.24) is 15.8 Å². The third kappa shape index (κ3) is 7.11. The summed E-state index contributed by atoms with van der Waals surface area (Å²) in [6.45, 7) is 0. The second kappa shape index (κ2) is 11.2. The van der Waals surface area contributed by atoms with E-state index in [1.165, 1.54) is 38.7 Å². The van der Waals surface area contributed by atoms with Crippen molar-refractivity contribution in [3.63, 3.8) is 0 Å². The van der Waals surface area contributed by atoms with Crippen molar-refractivity contribution >= 4 is 40.5 Å². The molecular weight excluding hydrogens is 396 g/mol. The van der Waals surface area contributed by atoms with E-state index < -0.39 is 17.8 Å². The molecule has 0 aliphatic carbocycles. The lowest BCUT2D eigenvalue weighted by Crippen LogP contribution is -2.40. The van der Waals surface area contributed by atoms with E-state index in [1.807, 2.05) is 6.07 Å². The number of hydrazine groups is 1. The summed E-state index contributed by atoms with van der Waals surface area (Å²) in [7, 11) is 2.37. The van der Waals surface area contributed by atoms with Crippen LogP contribution >= 0.6 is 11.8 Å². The molecule has 0 saturated heterocycles. The van der Waals surface area contributed by atoms with Crippen LogP contribution in [0.2, 0.25) is 0 Å². The number of hydrogen-bond donors (Lipinski definition) is 2. The van der Waals surface area contributed by atoms with Crippen LogP contribution in [-0.2, 0) is 19.1 Å². The highest BCUT2D eigenvalue weighted by Gasteiger charge is 2.17. The number of ether oxygens (including phenoxy) is 2. The van der Waals surface area contributed by atoms with Crippen molar-refractivity contribution in [2.24, 2.45) is 4.99 Å². The number of aliphatic imine (C=N–C) groups is 1. The number of nitrogens with one attached hydrogen (secondary N) is 2. The summed E-state index contributed by atoms with van der Waals surface area (Å²) in [6, 6.07) is 11.9. The monoisotopic (exact) mass is 414 g/mol. The van der Waals surface area contributed by atoms with Gasteiger partial charge in [0, 0.05) is 24.0 Å². The number of para-hydroxylation sites is 1. The number of carbonyl (C=O) groups is 3. The zero-order valence-corrected chi connectivity index (χ0v) is 16.4. The van der Waals surface area contributed by atoms with Gasteiger partial charge in [-0.05, 0) is 36.0 Å². The molecule has 0 radical (unpaired) electrons. The van der Waals surface area contributed by atoms with Crippen LogP contribution in [0.15, 0.2) is 70.8 Å². The number of thioether (sulfide) groups is 1. The number of benzene rings is 1. The molecule has 150 valence electrons. The maximum Gasteiger partial charge on any atom is 0.345 e. The van der Waals surface area contributed by atoms with Gasteiger partial charge in [0.25, 0.3) is 5.91 Å². The minimum absolute atomic E-state index is 0.0836. The van der Waals surface area contributed by atoms with E-state index in [9.17, 15) is 14.4 Å². The van der Waals surface area contributed by atoms with E-state index in [0.29, 0.717) is 11.3 Å². The number of carbonyl (C=O) groups excluding carboxylic acids is 3. The molecule has 10 heteroatoms. The molecule has 0 spiro atoms. The Morgan fingerprint density at radius 2 is 1.69 bits per heavy atom. The molecule has 0 fully saturated rings. The summed E-state index contributed by atoms with van der Waals surface area (Å²) in [5.41, 5.74) is 6.07. The number of hydrogen-bond acceptors (Lipinski definition) is 8. The molecule has 1 amide bonds. The lowest BCUT2D eigenvalue weighted by Gasteiger charge is -2.12. The largest absolute Gasteiger partial charge is 0.466 e. The Morgan fingerprint density at radius 3 is 2.31 bits per heavy atom. The molecule has 0 bridgehead atoms. The average Bonchev–Trinajstić information content (AvgIpc) is 2.77. The van der Waals surface area contributed by atoms with Crippen molar-refractivity contribution in [1.29, 1.82) is 0 Å². The molecule has 2 N–H and O–H groups in total. The van der Waals surface area contributed by atoms with Crippen LogP contribution in [0.4, 0.5) is 5.69 Å². The molecule has 9 nitrogen and oxygen atoms in total. The van der Waals surface area contributed by atoms with Gasteiger partial charge in [0.2, 0.25) is 0 Å². The second-order valence-electron chi connectivity index (χ2n) is 5.19. The third-order valence-corrected chi connectivity index (χ3v) is 4.15. The molecule has 29 heavy (non-hydrogen) atoms. The molecule has 1 aromatic carbocycles. The Morgan fingerprint density at radius 1 is 1.00 bits per heavy atom. The zero-order chi connectivity index (χ0) is 21.1. The Hall–Kier alpha value is -3.66. The summed E-state index contributed by atoms with van der Waals surface area (Å²) < 4.78 is 9.25. The summed E-state index contributed by atoms with van der Waals surface area (Å²) in [5.74, 6) is -1.94. The van der Waals surface area contributed by atoms with Gasteiger partial charge < -0.3 is 9.47 Å². The molecule has 1 heterocycles. The van der Waals surface area contributed by atoms with Crippen LogP contribution in [0.5, 0.6) is 0 Å². The lowest BCUT2D eigenvalue weighted by atomic mass is 10.3. The number of amidine groups is 1. The predicted octanol–water partition coefficient (Wildman–Crippen LogP) is 1.97. The number of amides is 1. The molecule has 2 rings (SSSR count). The van der Waals surface area contributed by atoms with Gasteiger partial charge in [-0.15, -0.1) is 0 Å². The van der Waals surface area contributed by atoms with Crippen molar-refractivity contribution < 1.29 is 23.9 Å². The van der Waals surface area contributed by atoms with Gasteiger partial charge in [0.05, 0.1) is 19.9 Å². The van der Waals surface area contributed by atoms with Crippen molar-refractivity contribution in [3.05, 3.63) is 71.4 Å². The van der Waals surface area contributed by atoms with Crippen LogP contribution in [0.25, 0.3) is 0 Å². The van der Waals surface area contributed by atoms with Gasteiger partial charge in [0.15, 0.2) is 5.17 Å². The zero-order valence-electron chi connectivity index (χ0n) is 15.6. The number of rotatable bonds is 5. The van der Waals surface area contributed by atoms with E-state index in [-0.39, 0.29) is 10.1 Å². The second-order valence-corrected chi connectivity index (χ2v) is 6.22. The minimum Gasteiger partial charge on any atom is -0.466 e. The highest BCUT2D eigenvalue weighted by Crippen LogP contribution is 2.21. The topological polar surface area (TPSA) is 119 Å². The summed E-state index contributed by atoms with van der Waals surface area (Å²) >= 11 is 0.796. The number of nitrogens with zero attached hydrogens (tertiary/aromatic N) is 2. The first-order valence-electron chi connectivity index (χ1n) is 8.19. The summed E-state index contributed by atoms with van der Waals surface area (Å²) in [4.78, 5) is 44.0. The van der Waals surface area contributed by atoms with Crippen LogP contribution in [0, 0.1) is 0 Å². The first-order valence-corrected chi connectivity index (χ1v) is 9.01. The number of methoxy groups -OCH3 is 2. The van der Waals surface area contributed by atoms with E-state index in [2.05, 4.69) is 25.6 Å². The fraction of sp³-hybridized carbons (Fsp3) is 0.105. The Kier molecular flexibility index (Phi) is 8.39. The SMILES string of the molecule is COC(=O)/C=C(\SC(=Nc1ccccc1)NNC(=O)c1ccncc1)C(=O)OC. The Bertz CT molecular complexity index is 917. The standard InChI is InChI=1S/C19H18N4O5S/c1-27-16(24)12-15(18(26)28-2)29-19(21-14-6-4-3-5-7-14)23-22-17(25)13-8-10-20-11-9-13/h3-12H,1-2H3,(H,21,23)(H,22,25)/b15-12-. The molecule has 1 aromatic heterocycles. The number of pyridine rings is 1. The van der Waals surface area contributed by atoms with Crippen LogP contribution < -0.4 is 10.9 Å². The first kappa shape index (κ1) is 21.6. The van der Waals surface area contributed by atoms with Gasteiger partial charge >= 0.3 is 11.9 Å².